The SMILES string of the molecule is O=S(=O)(c1cccc(C(F)(F)F)c1)N1CCN(c2ccc(-n3cccc3)nn2)CC1. The summed E-state index contributed by atoms with van der Waals surface area (Å²) in [5.74, 6) is 1.27. The Bertz CT molecular complexity index is 1110. The Morgan fingerprint density at radius 2 is 1.47 bits per heavy atom. The molecule has 1 aliphatic heterocycles. The van der Waals surface area contributed by atoms with Crippen molar-refractivity contribution in [3.05, 3.63) is 66.5 Å². The molecule has 0 radical (unpaired) electrons. The first-order valence-electron chi connectivity index (χ1n) is 9.14. The lowest BCUT2D eigenvalue weighted by molar-refractivity contribution is -0.137. The number of nitrogens with zero attached hydrogens (tertiary/aromatic N) is 5. The number of piperazine rings is 1. The summed E-state index contributed by atoms with van der Waals surface area (Å²) in [4.78, 5) is 1.53. The maximum Gasteiger partial charge on any atom is 0.416 e. The van der Waals surface area contributed by atoms with E-state index < -0.39 is 21.8 Å². The van der Waals surface area contributed by atoms with Gasteiger partial charge >= 0.3 is 6.18 Å². The van der Waals surface area contributed by atoms with Crippen LogP contribution in [0.1, 0.15) is 5.56 Å². The Morgan fingerprint density at radius 3 is 2.07 bits per heavy atom. The molecule has 3 heterocycles. The third-order valence-electron chi connectivity index (χ3n) is 4.87. The topological polar surface area (TPSA) is 71.3 Å². The van der Waals surface area contributed by atoms with E-state index in [2.05, 4.69) is 10.2 Å². The van der Waals surface area contributed by atoms with Crippen molar-refractivity contribution in [1.29, 1.82) is 0 Å². The predicted octanol–water partition coefficient (Wildman–Crippen LogP) is 2.80. The summed E-state index contributed by atoms with van der Waals surface area (Å²) in [6.07, 6.45) is -0.905. The zero-order valence-electron chi connectivity index (χ0n) is 15.7. The number of benzene rings is 1. The highest BCUT2D eigenvalue weighted by Crippen LogP contribution is 2.31. The van der Waals surface area contributed by atoms with Crippen LogP contribution in [0.25, 0.3) is 5.82 Å². The van der Waals surface area contributed by atoms with Crippen LogP contribution in [0, 0.1) is 0 Å². The zero-order valence-corrected chi connectivity index (χ0v) is 16.5. The lowest BCUT2D eigenvalue weighted by Crippen LogP contribution is -2.49. The van der Waals surface area contributed by atoms with Gasteiger partial charge in [0, 0.05) is 38.6 Å². The van der Waals surface area contributed by atoms with Gasteiger partial charge in [0.15, 0.2) is 11.6 Å². The first-order valence-corrected chi connectivity index (χ1v) is 10.6. The fourth-order valence-electron chi connectivity index (χ4n) is 3.25. The normalized spacial score (nSPS) is 16.0. The summed E-state index contributed by atoms with van der Waals surface area (Å²) in [5.41, 5.74) is -0.986. The molecule has 11 heteroatoms. The van der Waals surface area contributed by atoms with Crippen molar-refractivity contribution in [3.63, 3.8) is 0 Å². The molecule has 1 aliphatic rings. The van der Waals surface area contributed by atoms with Crippen molar-refractivity contribution >= 4 is 15.8 Å². The Labute approximate surface area is 171 Å². The summed E-state index contributed by atoms with van der Waals surface area (Å²) in [7, 11) is -4.02. The van der Waals surface area contributed by atoms with Crippen LogP contribution >= 0.6 is 0 Å². The van der Waals surface area contributed by atoms with Crippen molar-refractivity contribution in [3.8, 4) is 5.82 Å². The molecule has 0 saturated carbocycles. The monoisotopic (exact) mass is 437 g/mol. The van der Waals surface area contributed by atoms with Crippen molar-refractivity contribution in [2.24, 2.45) is 0 Å². The average Bonchev–Trinajstić information content (AvgIpc) is 3.28. The third kappa shape index (κ3) is 4.03. The van der Waals surface area contributed by atoms with E-state index in [1.165, 1.54) is 10.4 Å². The van der Waals surface area contributed by atoms with Gasteiger partial charge in [0.05, 0.1) is 10.5 Å². The van der Waals surface area contributed by atoms with Gasteiger partial charge in [-0.15, -0.1) is 10.2 Å². The van der Waals surface area contributed by atoms with Gasteiger partial charge in [-0.25, -0.2) is 8.42 Å². The number of alkyl halides is 3. The van der Waals surface area contributed by atoms with Gasteiger partial charge in [0.25, 0.3) is 0 Å². The molecule has 1 aromatic carbocycles. The van der Waals surface area contributed by atoms with E-state index in [0.717, 1.165) is 12.1 Å². The minimum Gasteiger partial charge on any atom is -0.352 e. The van der Waals surface area contributed by atoms with Crippen molar-refractivity contribution < 1.29 is 21.6 Å². The quantitative estimate of drug-likeness (QED) is 0.628. The van der Waals surface area contributed by atoms with E-state index in [1.54, 1.807) is 6.07 Å². The Hall–Kier alpha value is -2.92. The molecule has 0 bridgehead atoms. The maximum absolute atomic E-state index is 12.9. The van der Waals surface area contributed by atoms with Crippen LogP contribution < -0.4 is 4.90 Å². The molecule has 158 valence electrons. The van der Waals surface area contributed by atoms with Crippen LogP contribution in [-0.4, -0.2) is 53.7 Å². The molecule has 0 spiro atoms. The molecule has 0 N–H and O–H groups in total. The van der Waals surface area contributed by atoms with Gasteiger partial charge in [-0.3, -0.25) is 0 Å². The summed E-state index contributed by atoms with van der Waals surface area (Å²) < 4.78 is 67.4. The molecule has 0 amide bonds. The summed E-state index contributed by atoms with van der Waals surface area (Å²) in [6, 6.07) is 11.2. The molecule has 3 aromatic rings. The molecular weight excluding hydrogens is 419 g/mol. The van der Waals surface area contributed by atoms with Gasteiger partial charge < -0.3 is 9.47 Å². The first-order chi connectivity index (χ1) is 14.2. The minimum absolute atomic E-state index is 0.139. The molecule has 2 aromatic heterocycles. The summed E-state index contributed by atoms with van der Waals surface area (Å²) >= 11 is 0. The number of sulfonamides is 1. The van der Waals surface area contributed by atoms with E-state index >= 15 is 0 Å². The lowest BCUT2D eigenvalue weighted by atomic mass is 10.2. The molecule has 1 saturated heterocycles. The van der Waals surface area contributed by atoms with E-state index in [4.69, 9.17) is 0 Å². The molecule has 30 heavy (non-hydrogen) atoms. The highest BCUT2D eigenvalue weighted by atomic mass is 32.2. The van der Waals surface area contributed by atoms with Crippen LogP contribution in [0.15, 0.2) is 65.8 Å². The first kappa shape index (κ1) is 20.4. The van der Waals surface area contributed by atoms with Gasteiger partial charge in [-0.1, -0.05) is 6.07 Å². The Balaban J connectivity index is 1.45. The highest BCUT2D eigenvalue weighted by Gasteiger charge is 2.34. The predicted molar refractivity (Wildman–Crippen MR) is 104 cm³/mol. The van der Waals surface area contributed by atoms with Gasteiger partial charge in [0.2, 0.25) is 10.0 Å². The largest absolute Gasteiger partial charge is 0.416 e. The second kappa shape index (κ2) is 7.73. The maximum atomic E-state index is 12.9. The highest BCUT2D eigenvalue weighted by molar-refractivity contribution is 7.89. The van der Waals surface area contributed by atoms with Crippen LogP contribution in [0.3, 0.4) is 0 Å². The van der Waals surface area contributed by atoms with Crippen LogP contribution in [0.5, 0.6) is 0 Å². The van der Waals surface area contributed by atoms with Gasteiger partial charge in [0.1, 0.15) is 0 Å². The number of hydrogen-bond donors (Lipinski definition) is 0. The fraction of sp³-hybridized carbons (Fsp3) is 0.263. The standard InChI is InChI=1S/C19H18F3N5O2S/c20-19(21,22)15-4-3-5-16(14-15)30(28,29)27-12-10-26(11-13-27)18-7-6-17(23-24-18)25-8-1-2-9-25/h1-9,14H,10-13H2. The molecule has 0 unspecified atom stereocenters. The zero-order chi connectivity index (χ0) is 21.4. The molecule has 4 rings (SSSR count). The Kier molecular flexibility index (Phi) is 5.24. The van der Waals surface area contributed by atoms with Crippen molar-refractivity contribution in [2.45, 2.75) is 11.1 Å². The van der Waals surface area contributed by atoms with Crippen LogP contribution in [0.4, 0.5) is 19.0 Å². The minimum atomic E-state index is -4.60. The number of hydrogen-bond acceptors (Lipinski definition) is 5. The average molecular weight is 437 g/mol. The number of anilines is 1. The second-order valence-electron chi connectivity index (χ2n) is 6.76. The van der Waals surface area contributed by atoms with Gasteiger partial charge in [-0.05, 0) is 42.5 Å². The fourth-order valence-corrected chi connectivity index (χ4v) is 4.72. The van der Waals surface area contributed by atoms with Gasteiger partial charge in [-0.2, -0.15) is 17.5 Å². The molecule has 0 atom stereocenters. The Morgan fingerprint density at radius 1 is 0.833 bits per heavy atom. The lowest BCUT2D eigenvalue weighted by Gasteiger charge is -2.34. The molecular formula is C19H18F3N5O2S. The summed E-state index contributed by atoms with van der Waals surface area (Å²) in [5, 5.41) is 8.38. The molecule has 1 fully saturated rings. The smallest absolute Gasteiger partial charge is 0.352 e. The number of aromatic nitrogens is 3. The van der Waals surface area contributed by atoms with Crippen LogP contribution in [0.2, 0.25) is 0 Å². The van der Waals surface area contributed by atoms with Crippen molar-refractivity contribution in [1.82, 2.24) is 19.1 Å². The van der Waals surface area contributed by atoms with Crippen LogP contribution in [-0.2, 0) is 16.2 Å². The van der Waals surface area contributed by atoms with E-state index in [0.29, 0.717) is 30.8 Å². The number of rotatable bonds is 4. The number of halogens is 3. The van der Waals surface area contributed by atoms with Crippen molar-refractivity contribution in [2.75, 3.05) is 31.1 Å². The van der Waals surface area contributed by atoms with E-state index in [1.807, 2.05) is 40.1 Å². The van der Waals surface area contributed by atoms with E-state index in [-0.39, 0.29) is 18.0 Å². The summed E-state index contributed by atoms with van der Waals surface area (Å²) in [6.45, 7) is 0.991. The molecule has 7 nitrogen and oxygen atoms in total. The molecule has 0 aliphatic carbocycles. The van der Waals surface area contributed by atoms with E-state index in [9.17, 15) is 21.6 Å². The third-order valence-corrected chi connectivity index (χ3v) is 6.76. The second-order valence-corrected chi connectivity index (χ2v) is 8.69.